The Kier molecular flexibility index (Phi) is 2.77. The molecule has 1 N–H and O–H groups in total. The first-order valence-corrected chi connectivity index (χ1v) is 6.21. The molecule has 0 bridgehead atoms. The highest BCUT2D eigenvalue weighted by Crippen LogP contribution is 2.22. The van der Waals surface area contributed by atoms with E-state index in [-0.39, 0.29) is 0 Å². The molecular weight excluding hydrogens is 212 g/mol. The summed E-state index contributed by atoms with van der Waals surface area (Å²) in [6.45, 7) is 3.05. The number of nitrogens with one attached hydrogen (secondary N) is 1. The molecule has 1 atom stereocenters. The Bertz CT molecular complexity index is 512. The van der Waals surface area contributed by atoms with Crippen molar-refractivity contribution in [3.63, 3.8) is 0 Å². The average Bonchev–Trinajstić information content (AvgIpc) is 2.97. The molecule has 0 saturated carbocycles. The number of benzene rings is 1. The van der Waals surface area contributed by atoms with Crippen molar-refractivity contribution in [3.8, 4) is 5.75 Å². The molecule has 1 aromatic carbocycles. The number of aromatic nitrogens is 1. The van der Waals surface area contributed by atoms with Crippen LogP contribution >= 0.6 is 0 Å². The molecule has 2 aromatic rings. The van der Waals surface area contributed by atoms with Crippen LogP contribution in [0.2, 0.25) is 0 Å². The number of hydrogen-bond acceptors (Lipinski definition) is 2. The number of fused-ring (bicyclic) bond motifs is 1. The summed E-state index contributed by atoms with van der Waals surface area (Å²) in [6, 6.07) is 8.43. The van der Waals surface area contributed by atoms with E-state index in [1.54, 1.807) is 0 Å². The van der Waals surface area contributed by atoms with Crippen molar-refractivity contribution < 1.29 is 4.74 Å². The molecule has 2 heterocycles. The van der Waals surface area contributed by atoms with E-state index >= 15 is 0 Å². The van der Waals surface area contributed by atoms with Crippen LogP contribution in [-0.2, 0) is 7.05 Å². The summed E-state index contributed by atoms with van der Waals surface area (Å²) in [5.41, 5.74) is 1.25. The fourth-order valence-corrected chi connectivity index (χ4v) is 2.42. The Morgan fingerprint density at radius 1 is 1.41 bits per heavy atom. The Morgan fingerprint density at radius 2 is 2.35 bits per heavy atom. The van der Waals surface area contributed by atoms with Gasteiger partial charge in [0.25, 0.3) is 0 Å². The summed E-state index contributed by atoms with van der Waals surface area (Å²) in [5, 5.41) is 4.60. The smallest absolute Gasteiger partial charge is 0.120 e. The first-order chi connectivity index (χ1) is 8.33. The average molecular weight is 230 g/mol. The lowest BCUT2D eigenvalue weighted by molar-refractivity contribution is 0.260. The zero-order valence-corrected chi connectivity index (χ0v) is 10.1. The third kappa shape index (κ3) is 2.15. The first-order valence-electron chi connectivity index (χ1n) is 6.21. The van der Waals surface area contributed by atoms with Gasteiger partial charge in [-0.25, -0.2) is 0 Å². The van der Waals surface area contributed by atoms with Gasteiger partial charge >= 0.3 is 0 Å². The molecular formula is C14H18N2O. The van der Waals surface area contributed by atoms with E-state index in [2.05, 4.69) is 47.4 Å². The summed E-state index contributed by atoms with van der Waals surface area (Å²) < 4.78 is 7.98. The van der Waals surface area contributed by atoms with Crippen LogP contribution in [0.5, 0.6) is 5.75 Å². The molecule has 17 heavy (non-hydrogen) atoms. The number of ether oxygens (including phenoxy) is 1. The van der Waals surface area contributed by atoms with E-state index in [1.165, 1.54) is 17.3 Å². The molecule has 0 spiro atoms. The third-order valence-electron chi connectivity index (χ3n) is 3.50. The minimum absolute atomic E-state index is 0.668. The quantitative estimate of drug-likeness (QED) is 0.874. The van der Waals surface area contributed by atoms with E-state index in [4.69, 9.17) is 4.74 Å². The van der Waals surface area contributed by atoms with E-state index < -0.39 is 0 Å². The molecule has 1 fully saturated rings. The number of aryl methyl sites for hydroxylation is 1. The summed E-state index contributed by atoms with van der Waals surface area (Å²) >= 11 is 0. The predicted octanol–water partition coefficient (Wildman–Crippen LogP) is 2.17. The minimum atomic E-state index is 0.668. The Balaban J connectivity index is 1.72. The van der Waals surface area contributed by atoms with Crippen LogP contribution in [0.3, 0.4) is 0 Å². The van der Waals surface area contributed by atoms with Gasteiger partial charge in [-0.15, -0.1) is 0 Å². The fraction of sp³-hybridized carbons (Fsp3) is 0.429. The molecule has 1 aliphatic rings. The van der Waals surface area contributed by atoms with Gasteiger partial charge < -0.3 is 14.6 Å². The second-order valence-electron chi connectivity index (χ2n) is 4.82. The Morgan fingerprint density at radius 3 is 3.18 bits per heavy atom. The van der Waals surface area contributed by atoms with Gasteiger partial charge in [0.1, 0.15) is 5.75 Å². The number of hydrogen-bond donors (Lipinski definition) is 1. The van der Waals surface area contributed by atoms with Gasteiger partial charge in [-0.1, -0.05) is 0 Å². The van der Waals surface area contributed by atoms with E-state index in [0.29, 0.717) is 5.92 Å². The monoisotopic (exact) mass is 230 g/mol. The van der Waals surface area contributed by atoms with Gasteiger partial charge in [-0.05, 0) is 37.2 Å². The third-order valence-corrected chi connectivity index (χ3v) is 3.50. The summed E-state index contributed by atoms with van der Waals surface area (Å²) in [4.78, 5) is 0. The van der Waals surface area contributed by atoms with Crippen molar-refractivity contribution in [1.29, 1.82) is 0 Å². The highest BCUT2D eigenvalue weighted by molar-refractivity contribution is 5.81. The summed E-state index contributed by atoms with van der Waals surface area (Å²) in [6.07, 6.45) is 3.31. The highest BCUT2D eigenvalue weighted by Gasteiger charge is 2.14. The van der Waals surface area contributed by atoms with Crippen molar-refractivity contribution in [2.75, 3.05) is 19.7 Å². The largest absolute Gasteiger partial charge is 0.493 e. The molecule has 0 aliphatic carbocycles. The highest BCUT2D eigenvalue weighted by atomic mass is 16.5. The molecule has 0 radical (unpaired) electrons. The maximum atomic E-state index is 5.86. The topological polar surface area (TPSA) is 26.2 Å². The van der Waals surface area contributed by atoms with Gasteiger partial charge in [0, 0.05) is 36.6 Å². The van der Waals surface area contributed by atoms with Crippen molar-refractivity contribution >= 4 is 10.9 Å². The summed E-state index contributed by atoms with van der Waals surface area (Å²) in [5.74, 6) is 1.65. The molecule has 1 unspecified atom stereocenters. The standard InChI is InChI=1S/C14H18N2O/c1-16-7-5-12-8-13(2-3-14(12)16)17-10-11-4-6-15-9-11/h2-3,5,7-8,11,15H,4,6,9-10H2,1H3. The lowest BCUT2D eigenvalue weighted by Crippen LogP contribution is -2.15. The van der Waals surface area contributed by atoms with Gasteiger partial charge in [0.2, 0.25) is 0 Å². The van der Waals surface area contributed by atoms with Crippen LogP contribution in [0.1, 0.15) is 6.42 Å². The fourth-order valence-electron chi connectivity index (χ4n) is 2.42. The van der Waals surface area contributed by atoms with Gasteiger partial charge in [0.05, 0.1) is 6.61 Å². The maximum absolute atomic E-state index is 5.86. The van der Waals surface area contributed by atoms with E-state index in [9.17, 15) is 0 Å². The lowest BCUT2D eigenvalue weighted by atomic mass is 10.1. The first kappa shape index (κ1) is 10.7. The van der Waals surface area contributed by atoms with Crippen LogP contribution in [0.4, 0.5) is 0 Å². The normalized spacial score (nSPS) is 19.9. The van der Waals surface area contributed by atoms with E-state index in [0.717, 1.165) is 25.4 Å². The second kappa shape index (κ2) is 4.41. The molecule has 1 aliphatic heterocycles. The predicted molar refractivity (Wildman–Crippen MR) is 69.4 cm³/mol. The van der Waals surface area contributed by atoms with Crippen LogP contribution in [0.15, 0.2) is 30.5 Å². The Hall–Kier alpha value is -1.48. The van der Waals surface area contributed by atoms with Crippen molar-refractivity contribution in [2.45, 2.75) is 6.42 Å². The maximum Gasteiger partial charge on any atom is 0.120 e. The van der Waals surface area contributed by atoms with Crippen LogP contribution in [-0.4, -0.2) is 24.3 Å². The van der Waals surface area contributed by atoms with Crippen LogP contribution in [0.25, 0.3) is 10.9 Å². The minimum Gasteiger partial charge on any atom is -0.493 e. The molecule has 3 rings (SSSR count). The van der Waals surface area contributed by atoms with Crippen LogP contribution in [0, 0.1) is 5.92 Å². The SMILES string of the molecule is Cn1ccc2cc(OCC3CCNC3)ccc21. The summed E-state index contributed by atoms with van der Waals surface area (Å²) in [7, 11) is 2.06. The molecule has 1 aromatic heterocycles. The van der Waals surface area contributed by atoms with Gasteiger partial charge in [-0.3, -0.25) is 0 Å². The van der Waals surface area contributed by atoms with Gasteiger partial charge in [0.15, 0.2) is 0 Å². The van der Waals surface area contributed by atoms with Crippen LogP contribution < -0.4 is 10.1 Å². The number of rotatable bonds is 3. The molecule has 0 amide bonds. The Labute approximate surface area is 101 Å². The van der Waals surface area contributed by atoms with Gasteiger partial charge in [-0.2, -0.15) is 0 Å². The molecule has 1 saturated heterocycles. The van der Waals surface area contributed by atoms with Crippen molar-refractivity contribution in [1.82, 2.24) is 9.88 Å². The zero-order chi connectivity index (χ0) is 11.7. The number of nitrogens with zero attached hydrogens (tertiary/aromatic N) is 1. The lowest BCUT2D eigenvalue weighted by Gasteiger charge is -2.11. The van der Waals surface area contributed by atoms with Crippen molar-refractivity contribution in [2.24, 2.45) is 13.0 Å². The zero-order valence-electron chi connectivity index (χ0n) is 10.1. The second-order valence-corrected chi connectivity index (χ2v) is 4.82. The molecule has 3 heteroatoms. The molecule has 3 nitrogen and oxygen atoms in total. The molecule has 90 valence electrons. The van der Waals surface area contributed by atoms with Crippen molar-refractivity contribution in [3.05, 3.63) is 30.5 Å². The van der Waals surface area contributed by atoms with E-state index in [1.807, 2.05) is 0 Å².